The van der Waals surface area contributed by atoms with Crippen LogP contribution < -0.4 is 5.32 Å². The summed E-state index contributed by atoms with van der Waals surface area (Å²) in [6.07, 6.45) is 11.1. The van der Waals surface area contributed by atoms with Crippen molar-refractivity contribution in [1.29, 1.82) is 0 Å². The fraction of sp³-hybridized carbons (Fsp3) is 0. The van der Waals surface area contributed by atoms with Crippen molar-refractivity contribution < 1.29 is 0 Å². The van der Waals surface area contributed by atoms with E-state index in [1.807, 2.05) is 54.6 Å². The number of hydrogen-bond acceptors (Lipinski definition) is 1. The third-order valence-electron chi connectivity index (χ3n) is 3.75. The van der Waals surface area contributed by atoms with Gasteiger partial charge in [-0.3, -0.25) is 0 Å². The molecule has 2 aromatic rings. The molecule has 0 spiro atoms. The van der Waals surface area contributed by atoms with Gasteiger partial charge in [-0.15, -0.1) is 0 Å². The highest BCUT2D eigenvalue weighted by molar-refractivity contribution is 5.87. The highest BCUT2D eigenvalue weighted by atomic mass is 14.9. The van der Waals surface area contributed by atoms with Crippen LogP contribution in [0.1, 0.15) is 11.1 Å². The second-order valence-electron chi connectivity index (χ2n) is 5.38. The molecule has 0 aliphatic carbocycles. The van der Waals surface area contributed by atoms with Gasteiger partial charge < -0.3 is 5.32 Å². The lowest BCUT2D eigenvalue weighted by Crippen LogP contribution is -1.97. The van der Waals surface area contributed by atoms with Crippen LogP contribution in [0.25, 0.3) is 11.1 Å². The van der Waals surface area contributed by atoms with Crippen molar-refractivity contribution in [2.24, 2.45) is 0 Å². The maximum Gasteiger partial charge on any atom is 0.0464 e. The fourth-order valence-electron chi connectivity index (χ4n) is 2.55. The van der Waals surface area contributed by atoms with Crippen LogP contribution in [0.2, 0.25) is 0 Å². The molecule has 0 fully saturated rings. The molecule has 25 heavy (non-hydrogen) atoms. The van der Waals surface area contributed by atoms with Crippen molar-refractivity contribution in [3.63, 3.8) is 0 Å². The van der Waals surface area contributed by atoms with E-state index >= 15 is 0 Å². The van der Waals surface area contributed by atoms with E-state index in [9.17, 15) is 0 Å². The summed E-state index contributed by atoms with van der Waals surface area (Å²) < 4.78 is 0. The average molecular weight is 325 g/mol. The molecule has 0 heterocycles. The van der Waals surface area contributed by atoms with Crippen LogP contribution in [0.3, 0.4) is 0 Å². The minimum Gasteiger partial charge on any atom is -0.355 e. The Kier molecular flexibility index (Phi) is 6.56. The van der Waals surface area contributed by atoms with Crippen molar-refractivity contribution >= 4 is 22.5 Å². The Morgan fingerprint density at radius 2 is 1.40 bits per heavy atom. The number of nitrogens with one attached hydrogen (secondary N) is 1. The third kappa shape index (κ3) is 4.58. The van der Waals surface area contributed by atoms with Crippen LogP contribution in [-0.2, 0) is 0 Å². The Balaban J connectivity index is 2.58. The minimum atomic E-state index is 0.997. The summed E-state index contributed by atoms with van der Waals surface area (Å²) in [6.45, 7) is 15.4. The monoisotopic (exact) mass is 325 g/mol. The number of para-hydroxylation sites is 1. The molecule has 0 unspecified atom stereocenters. The van der Waals surface area contributed by atoms with Gasteiger partial charge in [0.15, 0.2) is 0 Å². The number of rotatable bonds is 8. The molecule has 2 aromatic carbocycles. The van der Waals surface area contributed by atoms with Crippen molar-refractivity contribution in [3.05, 3.63) is 122 Å². The van der Waals surface area contributed by atoms with Crippen LogP contribution in [-0.4, -0.2) is 0 Å². The third-order valence-corrected chi connectivity index (χ3v) is 3.75. The molecule has 2 rings (SSSR count). The molecule has 0 amide bonds. The highest BCUT2D eigenvalue weighted by Gasteiger charge is 2.09. The summed E-state index contributed by atoms with van der Waals surface area (Å²) in [5, 5.41) is 3.47. The van der Waals surface area contributed by atoms with Crippen molar-refractivity contribution in [2.45, 2.75) is 0 Å². The van der Waals surface area contributed by atoms with Crippen LogP contribution in [0.5, 0.6) is 0 Å². The van der Waals surface area contributed by atoms with Gasteiger partial charge in [0.1, 0.15) is 0 Å². The smallest absolute Gasteiger partial charge is 0.0464 e. The van der Waals surface area contributed by atoms with E-state index in [-0.39, 0.29) is 0 Å². The molecule has 0 saturated heterocycles. The van der Waals surface area contributed by atoms with E-state index in [1.54, 1.807) is 12.2 Å². The number of hydrogen-bond donors (Lipinski definition) is 1. The molecule has 0 radical (unpaired) electrons. The Hall–Kier alpha value is -3.32. The Bertz CT molecular complexity index is 836. The van der Waals surface area contributed by atoms with E-state index in [2.05, 4.69) is 49.8 Å². The standard InChI is InChI=1S/C24H23N/c1-5-12-19(7-3)21-16-17-24(25-22-14-10-9-11-15-22)23(18-21)20(8-4)13-6-2/h5-18,25H,1-4H2/b19-12+,20-13+. The molecule has 0 aromatic heterocycles. The lowest BCUT2D eigenvalue weighted by molar-refractivity contribution is 1.50. The SMILES string of the molecule is C=C/C=C(\C=C)c1ccc(Nc2ccccc2)c(/C(C=C)=C/C=C)c1. The molecule has 0 atom stereocenters. The van der Waals surface area contributed by atoms with Gasteiger partial charge >= 0.3 is 0 Å². The van der Waals surface area contributed by atoms with E-state index < -0.39 is 0 Å². The first-order chi connectivity index (χ1) is 12.2. The molecule has 0 saturated carbocycles. The van der Waals surface area contributed by atoms with E-state index in [4.69, 9.17) is 0 Å². The molecule has 1 N–H and O–H groups in total. The zero-order valence-electron chi connectivity index (χ0n) is 14.4. The summed E-state index contributed by atoms with van der Waals surface area (Å²) in [5.74, 6) is 0. The van der Waals surface area contributed by atoms with E-state index in [0.29, 0.717) is 0 Å². The van der Waals surface area contributed by atoms with E-state index in [0.717, 1.165) is 33.6 Å². The maximum atomic E-state index is 3.94. The van der Waals surface area contributed by atoms with Gasteiger partial charge in [0.2, 0.25) is 0 Å². The molecular formula is C24H23N. The predicted molar refractivity (Wildman–Crippen MR) is 113 cm³/mol. The molecule has 0 aliphatic rings. The fourth-order valence-corrected chi connectivity index (χ4v) is 2.55. The lowest BCUT2D eigenvalue weighted by atomic mass is 9.96. The number of anilines is 2. The Morgan fingerprint density at radius 1 is 0.760 bits per heavy atom. The molecular weight excluding hydrogens is 302 g/mol. The maximum absolute atomic E-state index is 3.94. The van der Waals surface area contributed by atoms with Crippen molar-refractivity contribution in [2.75, 3.05) is 5.32 Å². The van der Waals surface area contributed by atoms with Gasteiger partial charge in [-0.05, 0) is 41.0 Å². The summed E-state index contributed by atoms with van der Waals surface area (Å²) in [4.78, 5) is 0. The zero-order chi connectivity index (χ0) is 18.1. The van der Waals surface area contributed by atoms with Gasteiger partial charge in [-0.1, -0.05) is 87.0 Å². The summed E-state index contributed by atoms with van der Waals surface area (Å²) in [7, 11) is 0. The van der Waals surface area contributed by atoms with Crippen LogP contribution >= 0.6 is 0 Å². The summed E-state index contributed by atoms with van der Waals surface area (Å²) >= 11 is 0. The van der Waals surface area contributed by atoms with E-state index in [1.165, 1.54) is 0 Å². The average Bonchev–Trinajstić information content (AvgIpc) is 2.65. The molecule has 124 valence electrons. The molecule has 0 bridgehead atoms. The van der Waals surface area contributed by atoms with Gasteiger partial charge in [0, 0.05) is 16.9 Å². The number of benzene rings is 2. The molecule has 1 heteroatoms. The Morgan fingerprint density at radius 3 is 2.00 bits per heavy atom. The Labute approximate surface area is 150 Å². The lowest BCUT2D eigenvalue weighted by Gasteiger charge is -2.15. The molecule has 1 nitrogen and oxygen atoms in total. The predicted octanol–water partition coefficient (Wildman–Crippen LogP) is 6.94. The van der Waals surface area contributed by atoms with Gasteiger partial charge in [-0.2, -0.15) is 0 Å². The summed E-state index contributed by atoms with van der Waals surface area (Å²) in [5.41, 5.74) is 6.17. The normalized spacial score (nSPS) is 11.5. The molecule has 0 aliphatic heterocycles. The number of allylic oxidation sites excluding steroid dienone is 8. The van der Waals surface area contributed by atoms with Crippen molar-refractivity contribution in [3.8, 4) is 0 Å². The first kappa shape index (κ1) is 18.0. The van der Waals surface area contributed by atoms with Crippen LogP contribution in [0, 0.1) is 0 Å². The first-order valence-electron chi connectivity index (χ1n) is 8.10. The second kappa shape index (κ2) is 9.09. The van der Waals surface area contributed by atoms with Crippen molar-refractivity contribution in [1.82, 2.24) is 0 Å². The van der Waals surface area contributed by atoms with Gasteiger partial charge in [0.25, 0.3) is 0 Å². The minimum absolute atomic E-state index is 0.997. The summed E-state index contributed by atoms with van der Waals surface area (Å²) in [6, 6.07) is 16.3. The topological polar surface area (TPSA) is 12.0 Å². The quantitative estimate of drug-likeness (QED) is 0.518. The first-order valence-corrected chi connectivity index (χ1v) is 8.10. The second-order valence-corrected chi connectivity index (χ2v) is 5.38. The highest BCUT2D eigenvalue weighted by Crippen LogP contribution is 2.31. The zero-order valence-corrected chi connectivity index (χ0v) is 14.4. The van der Waals surface area contributed by atoms with Crippen LogP contribution in [0.4, 0.5) is 11.4 Å². The largest absolute Gasteiger partial charge is 0.355 e. The van der Waals surface area contributed by atoms with Crippen LogP contribution in [0.15, 0.2) is 111 Å². The van der Waals surface area contributed by atoms with Gasteiger partial charge in [0.05, 0.1) is 0 Å². The van der Waals surface area contributed by atoms with Gasteiger partial charge in [-0.25, -0.2) is 0 Å².